The number of amides is 1. The Labute approximate surface area is 170 Å². The zero-order chi connectivity index (χ0) is 20.1. The van der Waals surface area contributed by atoms with Gasteiger partial charge in [0.25, 0.3) is 0 Å². The summed E-state index contributed by atoms with van der Waals surface area (Å²) in [6.45, 7) is 9.58. The second-order valence-corrected chi connectivity index (χ2v) is 7.40. The summed E-state index contributed by atoms with van der Waals surface area (Å²) in [7, 11) is 0. The maximum absolute atomic E-state index is 12.5. The maximum atomic E-state index is 12.5. The molecule has 0 fully saturated rings. The lowest BCUT2D eigenvalue weighted by Gasteiger charge is -2.18. The van der Waals surface area contributed by atoms with E-state index in [0.717, 1.165) is 22.6 Å². The van der Waals surface area contributed by atoms with Gasteiger partial charge in [0.2, 0.25) is 5.91 Å². The molecule has 0 unspecified atom stereocenters. The molecular weight excluding hydrogens is 370 g/mol. The lowest BCUT2D eigenvalue weighted by Crippen LogP contribution is -2.31. The molecule has 146 valence electrons. The van der Waals surface area contributed by atoms with Gasteiger partial charge < -0.3 is 4.90 Å². The summed E-state index contributed by atoms with van der Waals surface area (Å²) in [4.78, 5) is 18.5. The average molecular weight is 396 g/mol. The molecule has 0 saturated carbocycles. The van der Waals surface area contributed by atoms with E-state index in [9.17, 15) is 4.79 Å². The van der Waals surface area contributed by atoms with Crippen LogP contribution < -0.4 is 0 Å². The molecule has 0 N–H and O–H groups in total. The van der Waals surface area contributed by atoms with E-state index in [4.69, 9.17) is 0 Å². The minimum Gasteiger partial charge on any atom is -0.343 e. The Morgan fingerprint density at radius 3 is 2.57 bits per heavy atom. The highest BCUT2D eigenvalue weighted by atomic mass is 32.2. The SMILES string of the molecule is CCN(CC)C(=O)CSc1nnc(-c2cccnc2)n1-c1cccc(C)c1C. The zero-order valence-corrected chi connectivity index (χ0v) is 17.5. The second kappa shape index (κ2) is 9.01. The Hall–Kier alpha value is -2.67. The number of thioether (sulfide) groups is 1. The second-order valence-electron chi connectivity index (χ2n) is 6.46. The molecule has 2 aromatic heterocycles. The molecule has 0 aliphatic carbocycles. The topological polar surface area (TPSA) is 63.9 Å². The smallest absolute Gasteiger partial charge is 0.233 e. The predicted octanol–water partition coefficient (Wildman–Crippen LogP) is 3.91. The summed E-state index contributed by atoms with van der Waals surface area (Å²) in [6.07, 6.45) is 3.52. The summed E-state index contributed by atoms with van der Waals surface area (Å²) in [5.41, 5.74) is 4.25. The molecule has 6 nitrogen and oxygen atoms in total. The van der Waals surface area contributed by atoms with Gasteiger partial charge in [0.05, 0.1) is 11.4 Å². The van der Waals surface area contributed by atoms with Gasteiger partial charge in [-0.1, -0.05) is 23.9 Å². The molecule has 3 rings (SSSR count). The maximum Gasteiger partial charge on any atom is 0.233 e. The van der Waals surface area contributed by atoms with Crippen LogP contribution in [0.3, 0.4) is 0 Å². The van der Waals surface area contributed by atoms with Crippen LogP contribution in [0, 0.1) is 13.8 Å². The average Bonchev–Trinajstić information content (AvgIpc) is 3.14. The van der Waals surface area contributed by atoms with Crippen LogP contribution in [0.5, 0.6) is 0 Å². The van der Waals surface area contributed by atoms with Crippen molar-refractivity contribution in [2.45, 2.75) is 32.9 Å². The first kappa shape index (κ1) is 20.1. The molecule has 0 radical (unpaired) electrons. The highest BCUT2D eigenvalue weighted by Crippen LogP contribution is 2.30. The number of hydrogen-bond acceptors (Lipinski definition) is 5. The van der Waals surface area contributed by atoms with E-state index in [0.29, 0.717) is 24.0 Å². The van der Waals surface area contributed by atoms with Crippen LogP contribution in [0.2, 0.25) is 0 Å². The largest absolute Gasteiger partial charge is 0.343 e. The zero-order valence-electron chi connectivity index (χ0n) is 16.7. The van der Waals surface area contributed by atoms with Crippen LogP contribution in [0.4, 0.5) is 0 Å². The molecule has 1 aromatic carbocycles. The first-order valence-corrected chi connectivity index (χ1v) is 10.4. The van der Waals surface area contributed by atoms with Crippen LogP contribution in [-0.2, 0) is 4.79 Å². The standard InChI is InChI=1S/C21H25N5OS/c1-5-25(6-2)19(27)14-28-21-24-23-20(17-10-8-12-22-13-17)26(21)18-11-7-9-15(3)16(18)4/h7-13H,5-6,14H2,1-4H3. The molecule has 0 spiro atoms. The van der Waals surface area contributed by atoms with Crippen molar-refractivity contribution in [3.63, 3.8) is 0 Å². The number of nitrogens with zero attached hydrogens (tertiary/aromatic N) is 5. The highest BCUT2D eigenvalue weighted by molar-refractivity contribution is 7.99. The molecular formula is C21H25N5OS. The third-order valence-corrected chi connectivity index (χ3v) is 5.72. The Balaban J connectivity index is 2.03. The number of carbonyl (C=O) groups is 1. The van der Waals surface area contributed by atoms with Crippen molar-refractivity contribution < 1.29 is 4.79 Å². The van der Waals surface area contributed by atoms with Crippen molar-refractivity contribution in [3.8, 4) is 17.1 Å². The van der Waals surface area contributed by atoms with Gasteiger partial charge in [-0.15, -0.1) is 10.2 Å². The molecule has 0 bridgehead atoms. The van der Waals surface area contributed by atoms with Gasteiger partial charge in [-0.3, -0.25) is 14.3 Å². The molecule has 1 amide bonds. The first-order valence-electron chi connectivity index (χ1n) is 9.39. The molecule has 3 aromatic rings. The number of benzene rings is 1. The monoisotopic (exact) mass is 395 g/mol. The van der Waals surface area contributed by atoms with Crippen LogP contribution in [0.15, 0.2) is 47.9 Å². The lowest BCUT2D eigenvalue weighted by atomic mass is 10.1. The van der Waals surface area contributed by atoms with Crippen LogP contribution >= 0.6 is 11.8 Å². The Bertz CT molecular complexity index is 951. The van der Waals surface area contributed by atoms with Gasteiger partial charge >= 0.3 is 0 Å². The molecule has 0 aliphatic heterocycles. The van der Waals surface area contributed by atoms with Crippen molar-refractivity contribution >= 4 is 17.7 Å². The summed E-state index contributed by atoms with van der Waals surface area (Å²) in [5, 5.41) is 9.53. The van der Waals surface area contributed by atoms with Crippen molar-refractivity contribution in [2.24, 2.45) is 0 Å². The van der Waals surface area contributed by atoms with Crippen LogP contribution in [-0.4, -0.2) is 49.4 Å². The van der Waals surface area contributed by atoms with Crippen molar-refractivity contribution in [1.29, 1.82) is 0 Å². The Morgan fingerprint density at radius 2 is 1.89 bits per heavy atom. The van der Waals surface area contributed by atoms with E-state index in [1.54, 1.807) is 12.4 Å². The fourth-order valence-electron chi connectivity index (χ4n) is 3.03. The van der Waals surface area contributed by atoms with Gasteiger partial charge in [-0.25, -0.2) is 0 Å². The van der Waals surface area contributed by atoms with Gasteiger partial charge in [0.1, 0.15) is 0 Å². The van der Waals surface area contributed by atoms with Crippen molar-refractivity contribution in [2.75, 3.05) is 18.8 Å². The molecule has 0 saturated heterocycles. The molecule has 0 atom stereocenters. The summed E-state index contributed by atoms with van der Waals surface area (Å²) >= 11 is 1.42. The van der Waals surface area contributed by atoms with Gasteiger partial charge in [0.15, 0.2) is 11.0 Å². The van der Waals surface area contributed by atoms with Crippen LogP contribution in [0.1, 0.15) is 25.0 Å². The lowest BCUT2D eigenvalue weighted by molar-refractivity contribution is -0.127. The predicted molar refractivity (Wildman–Crippen MR) is 113 cm³/mol. The van der Waals surface area contributed by atoms with Gasteiger partial charge in [0, 0.05) is 31.0 Å². The number of aromatic nitrogens is 4. The van der Waals surface area contributed by atoms with E-state index in [1.807, 2.05) is 41.5 Å². The molecule has 0 aliphatic rings. The van der Waals surface area contributed by atoms with Crippen LogP contribution in [0.25, 0.3) is 17.1 Å². The van der Waals surface area contributed by atoms with E-state index >= 15 is 0 Å². The summed E-state index contributed by atoms with van der Waals surface area (Å²) in [6, 6.07) is 10.0. The van der Waals surface area contributed by atoms with E-state index in [2.05, 4.69) is 41.2 Å². The number of carbonyl (C=O) groups excluding carboxylic acids is 1. The highest BCUT2D eigenvalue weighted by Gasteiger charge is 2.20. The molecule has 2 heterocycles. The third kappa shape index (κ3) is 4.09. The van der Waals surface area contributed by atoms with Crippen molar-refractivity contribution in [3.05, 3.63) is 53.9 Å². The van der Waals surface area contributed by atoms with E-state index < -0.39 is 0 Å². The van der Waals surface area contributed by atoms with Crippen molar-refractivity contribution in [1.82, 2.24) is 24.6 Å². The minimum atomic E-state index is 0.105. The van der Waals surface area contributed by atoms with Gasteiger partial charge in [-0.05, 0) is 57.0 Å². The third-order valence-electron chi connectivity index (χ3n) is 4.81. The fraction of sp³-hybridized carbons (Fsp3) is 0.333. The van der Waals surface area contributed by atoms with E-state index in [-0.39, 0.29) is 5.91 Å². The number of pyridine rings is 1. The number of aryl methyl sites for hydroxylation is 1. The summed E-state index contributed by atoms with van der Waals surface area (Å²) < 4.78 is 2.03. The Kier molecular flexibility index (Phi) is 6.46. The summed E-state index contributed by atoms with van der Waals surface area (Å²) in [5.74, 6) is 1.16. The van der Waals surface area contributed by atoms with Gasteiger partial charge in [-0.2, -0.15) is 0 Å². The normalized spacial score (nSPS) is 10.9. The van der Waals surface area contributed by atoms with E-state index in [1.165, 1.54) is 17.3 Å². The number of hydrogen-bond donors (Lipinski definition) is 0. The number of rotatable bonds is 7. The Morgan fingerprint density at radius 1 is 1.11 bits per heavy atom. The minimum absolute atomic E-state index is 0.105. The first-order chi connectivity index (χ1) is 13.6. The fourth-order valence-corrected chi connectivity index (χ4v) is 3.88. The quantitative estimate of drug-likeness (QED) is 0.568. The molecule has 7 heteroatoms. The molecule has 28 heavy (non-hydrogen) atoms.